The van der Waals surface area contributed by atoms with Crippen LogP contribution in [0.15, 0.2) is 97.2 Å². The Morgan fingerprint density at radius 3 is 0.955 bits per heavy atom. The van der Waals surface area contributed by atoms with E-state index in [1.54, 1.807) is 0 Å². The van der Waals surface area contributed by atoms with Gasteiger partial charge in [-0.1, -0.05) is 323 Å². The summed E-state index contributed by atoms with van der Waals surface area (Å²) >= 11 is 0. The number of ether oxygens (including phenoxy) is 4. The number of hydrogen-bond acceptors (Lipinski definition) is 7. The Bertz CT molecular complexity index is 1790. The van der Waals surface area contributed by atoms with E-state index in [0.29, 0.717) is 23.9 Å². The monoisotopic (exact) mass is 1250 g/mol. The highest BCUT2D eigenvalue weighted by Crippen LogP contribution is 2.18. The van der Waals surface area contributed by atoms with Gasteiger partial charge in [0.15, 0.2) is 6.10 Å². The summed E-state index contributed by atoms with van der Waals surface area (Å²) in [5.74, 6) is -2.01. The Hall–Kier alpha value is -3.79. The number of unbranched alkanes of at least 4 members (excludes halogenated alkanes) is 38. The first-order valence-corrected chi connectivity index (χ1v) is 37.4. The lowest BCUT2D eigenvalue weighted by atomic mass is 10.0. The number of esters is 2. The lowest BCUT2D eigenvalue weighted by Crippen LogP contribution is -2.40. The molecule has 0 bridgehead atoms. The molecule has 0 rings (SSSR count). The number of nitrogens with zero attached hydrogens (tertiary/aromatic N) is 1. The molecule has 2 atom stereocenters. The normalized spacial score (nSPS) is 13.2. The molecule has 1 N–H and O–H groups in total. The van der Waals surface area contributed by atoms with Crippen molar-refractivity contribution in [3.8, 4) is 0 Å². The van der Waals surface area contributed by atoms with Gasteiger partial charge in [0.05, 0.1) is 34.4 Å². The average molecular weight is 1250 g/mol. The largest absolute Gasteiger partial charge is 0.477 e. The fourth-order valence-corrected chi connectivity index (χ4v) is 10.6. The molecule has 0 fully saturated rings. The molecule has 2 unspecified atom stereocenters. The fourth-order valence-electron chi connectivity index (χ4n) is 10.6. The Kier molecular flexibility index (Phi) is 67.1. The highest BCUT2D eigenvalue weighted by atomic mass is 16.7. The molecule has 0 aliphatic rings. The predicted octanol–water partition coefficient (Wildman–Crippen LogP) is 23.6. The Morgan fingerprint density at radius 2 is 0.640 bits per heavy atom. The van der Waals surface area contributed by atoms with Gasteiger partial charge in [-0.05, 0) is 96.3 Å². The maximum Gasteiger partial charge on any atom is 0.361 e. The highest BCUT2D eigenvalue weighted by Gasteiger charge is 2.25. The molecule has 0 heterocycles. The molecule has 0 saturated heterocycles. The van der Waals surface area contributed by atoms with Crippen LogP contribution in [0.3, 0.4) is 0 Å². The van der Waals surface area contributed by atoms with Gasteiger partial charge in [0.2, 0.25) is 0 Å². The smallest absolute Gasteiger partial charge is 0.361 e. The molecule has 0 aliphatic heterocycles. The van der Waals surface area contributed by atoms with E-state index in [-0.39, 0.29) is 32.2 Å². The van der Waals surface area contributed by atoms with Gasteiger partial charge in [0.1, 0.15) is 13.2 Å². The first-order valence-electron chi connectivity index (χ1n) is 37.4. The lowest BCUT2D eigenvalue weighted by molar-refractivity contribution is -0.870. The zero-order valence-electron chi connectivity index (χ0n) is 58.8. The van der Waals surface area contributed by atoms with E-state index in [1.807, 2.05) is 21.1 Å². The number of allylic oxidation sites excluding steroid dienone is 16. The van der Waals surface area contributed by atoms with Crippen LogP contribution in [0, 0.1) is 0 Å². The topological polar surface area (TPSA) is 108 Å². The number of likely N-dealkylation sites (N-methyl/N-ethyl adjacent to an activating group) is 1. The van der Waals surface area contributed by atoms with Crippen molar-refractivity contribution in [1.29, 1.82) is 0 Å². The van der Waals surface area contributed by atoms with Gasteiger partial charge >= 0.3 is 17.9 Å². The Morgan fingerprint density at radius 1 is 0.348 bits per heavy atom. The first kappa shape index (κ1) is 85.2. The first-order chi connectivity index (χ1) is 43.6. The summed E-state index contributed by atoms with van der Waals surface area (Å²) < 4.78 is 23.0. The number of carboxylic acids is 1. The number of hydrogen-bond donors (Lipinski definition) is 1. The molecule has 0 aromatic carbocycles. The average Bonchev–Trinajstić information content (AvgIpc) is 3.64. The lowest BCUT2D eigenvalue weighted by Gasteiger charge is -2.25. The molecule has 0 aliphatic carbocycles. The number of carboxylic acid groups (broad SMARTS) is 1. The van der Waals surface area contributed by atoms with Gasteiger partial charge in [-0.2, -0.15) is 0 Å². The van der Waals surface area contributed by atoms with Crippen LogP contribution in [-0.4, -0.2) is 87.4 Å². The predicted molar refractivity (Wildman–Crippen MR) is 382 cm³/mol. The number of rotatable bonds is 69. The molecular weight excluding hydrogens is 1100 g/mol. The molecule has 9 nitrogen and oxygen atoms in total. The maximum atomic E-state index is 12.9. The maximum absolute atomic E-state index is 12.9. The summed E-state index contributed by atoms with van der Waals surface area (Å²) in [6.45, 7) is 4.77. The second kappa shape index (κ2) is 70.1. The summed E-state index contributed by atoms with van der Waals surface area (Å²) in [5.41, 5.74) is 0. The summed E-state index contributed by atoms with van der Waals surface area (Å²) in [7, 11) is 5.98. The standard InChI is InChI=1S/C80H141NO8/c1-6-8-10-12-14-16-18-20-22-24-26-28-30-31-32-33-34-35-36-37-38-39-40-41-42-43-44-45-46-47-49-50-52-54-56-58-60-62-64-66-68-70-77(82)87-74-76(75-88-80(79(84)85)86-73-72-81(3,4)5)89-78(83)71-69-67-65-63-61-59-57-55-53-51-48-29-27-25-23-21-19-17-15-13-11-9-7-2/h9,11,15,17-18,20-21,23-24,26-27,29-31,51,53,76,80H,6-8,10,12-14,16,19,22,25,28,32-50,52,54-75H2,1-5H3/p+1/b11-9-,17-15-,20-18-,23-21-,26-24-,29-27-,31-30-,53-51-. The number of quaternary nitrogens is 1. The van der Waals surface area contributed by atoms with Crippen molar-refractivity contribution in [2.24, 2.45) is 0 Å². The molecule has 0 radical (unpaired) electrons. The molecule has 0 aromatic rings. The van der Waals surface area contributed by atoms with Crippen LogP contribution >= 0.6 is 0 Å². The second-order valence-corrected chi connectivity index (χ2v) is 26.2. The number of carbonyl (C=O) groups is 3. The minimum Gasteiger partial charge on any atom is -0.477 e. The molecule has 0 saturated carbocycles. The third-order valence-electron chi connectivity index (χ3n) is 16.3. The number of carbonyl (C=O) groups excluding carboxylic acids is 2. The molecule has 0 aromatic heterocycles. The number of aliphatic carboxylic acids is 1. The fraction of sp³-hybridized carbons (Fsp3) is 0.762. The van der Waals surface area contributed by atoms with E-state index in [2.05, 4.69) is 111 Å². The minimum absolute atomic E-state index is 0.183. The third kappa shape index (κ3) is 71.5. The van der Waals surface area contributed by atoms with E-state index < -0.39 is 24.3 Å². The van der Waals surface area contributed by atoms with Gasteiger partial charge in [0.25, 0.3) is 6.29 Å². The van der Waals surface area contributed by atoms with Crippen molar-refractivity contribution in [2.45, 2.75) is 347 Å². The van der Waals surface area contributed by atoms with Crippen LogP contribution in [0.1, 0.15) is 335 Å². The summed E-state index contributed by atoms with van der Waals surface area (Å²) in [5, 5.41) is 9.75. The molecule has 89 heavy (non-hydrogen) atoms. The Balaban J connectivity index is 3.98. The van der Waals surface area contributed by atoms with Crippen LogP contribution < -0.4 is 0 Å². The van der Waals surface area contributed by atoms with E-state index in [0.717, 1.165) is 89.9 Å². The third-order valence-corrected chi connectivity index (χ3v) is 16.3. The van der Waals surface area contributed by atoms with Crippen molar-refractivity contribution in [2.75, 3.05) is 47.5 Å². The van der Waals surface area contributed by atoms with Gasteiger partial charge < -0.3 is 28.5 Å². The summed E-state index contributed by atoms with van der Waals surface area (Å²) in [6.07, 6.45) is 94.1. The minimum atomic E-state index is -1.52. The van der Waals surface area contributed by atoms with Crippen molar-refractivity contribution in [3.63, 3.8) is 0 Å². The molecule has 0 spiro atoms. The van der Waals surface area contributed by atoms with Gasteiger partial charge in [-0.3, -0.25) is 9.59 Å². The van der Waals surface area contributed by atoms with E-state index in [9.17, 15) is 19.5 Å². The van der Waals surface area contributed by atoms with Crippen molar-refractivity contribution in [3.05, 3.63) is 97.2 Å². The zero-order valence-corrected chi connectivity index (χ0v) is 58.8. The van der Waals surface area contributed by atoms with Crippen molar-refractivity contribution < 1.29 is 42.9 Å². The van der Waals surface area contributed by atoms with Gasteiger partial charge in [-0.15, -0.1) is 0 Å². The zero-order chi connectivity index (χ0) is 64.7. The molecule has 514 valence electrons. The van der Waals surface area contributed by atoms with Crippen LogP contribution in [-0.2, 0) is 33.3 Å². The Labute approximate surface area is 550 Å². The van der Waals surface area contributed by atoms with Crippen molar-refractivity contribution in [1.82, 2.24) is 0 Å². The van der Waals surface area contributed by atoms with Crippen LogP contribution in [0.4, 0.5) is 0 Å². The van der Waals surface area contributed by atoms with Gasteiger partial charge in [-0.25, -0.2) is 4.79 Å². The van der Waals surface area contributed by atoms with E-state index in [4.69, 9.17) is 18.9 Å². The van der Waals surface area contributed by atoms with Crippen LogP contribution in [0.5, 0.6) is 0 Å². The SMILES string of the molecule is CC/C=C\C/C=C\C/C=C\C/C=C\C/C=C\CCCCCCCCCC(=O)OC(COC(=O)CCCCCCCCCCCCCCCCCCCCCCCCCCCC/C=C\C/C=C\C/C=C\CCCCCCC)COC(OCC[N+](C)(C)C)C(=O)O. The summed E-state index contributed by atoms with van der Waals surface area (Å²) in [6, 6.07) is 0. The van der Waals surface area contributed by atoms with E-state index >= 15 is 0 Å². The quantitative estimate of drug-likeness (QED) is 0.0211. The van der Waals surface area contributed by atoms with Crippen LogP contribution in [0.2, 0.25) is 0 Å². The van der Waals surface area contributed by atoms with Crippen molar-refractivity contribution >= 4 is 17.9 Å². The van der Waals surface area contributed by atoms with Crippen LogP contribution in [0.25, 0.3) is 0 Å². The molecular formula is C80H142NO8+. The summed E-state index contributed by atoms with van der Waals surface area (Å²) in [4.78, 5) is 37.6. The molecule has 0 amide bonds. The highest BCUT2D eigenvalue weighted by molar-refractivity contribution is 5.71. The van der Waals surface area contributed by atoms with E-state index in [1.165, 1.54) is 212 Å². The molecule has 9 heteroatoms. The van der Waals surface area contributed by atoms with Gasteiger partial charge in [0, 0.05) is 12.8 Å². The second-order valence-electron chi connectivity index (χ2n) is 26.2.